The number of guanidine groups is 1. The maximum absolute atomic E-state index is 6.20. The van der Waals surface area contributed by atoms with Gasteiger partial charge in [-0.25, -0.2) is 5.01 Å². The molecule has 8 heteroatoms. The molecule has 25 heavy (non-hydrogen) atoms. The Morgan fingerprint density at radius 3 is 2.84 bits per heavy atom. The van der Waals surface area contributed by atoms with Gasteiger partial charge < -0.3 is 5.73 Å². The van der Waals surface area contributed by atoms with E-state index in [4.69, 9.17) is 17.3 Å². The van der Waals surface area contributed by atoms with Crippen molar-refractivity contribution >= 4 is 41.4 Å². The molecule has 0 amide bonds. The number of hydrogen-bond acceptors (Lipinski definition) is 5. The van der Waals surface area contributed by atoms with Crippen LogP contribution in [-0.4, -0.2) is 29.1 Å². The second kappa shape index (κ2) is 8.87. The fraction of sp³-hybridized carbons (Fsp3) is 0.176. The predicted molar refractivity (Wildman–Crippen MR) is 106 cm³/mol. The molecule has 2 aromatic rings. The highest BCUT2D eigenvalue weighted by atomic mass is 35.5. The first-order valence-corrected chi connectivity index (χ1v) is 9.12. The molecule has 0 bridgehead atoms. The van der Waals surface area contributed by atoms with E-state index in [9.17, 15) is 0 Å². The lowest BCUT2D eigenvalue weighted by Gasteiger charge is -2.30. The Bertz CT molecular complexity index is 746. The van der Waals surface area contributed by atoms with Gasteiger partial charge in [0.15, 0.2) is 0 Å². The lowest BCUT2D eigenvalue weighted by molar-refractivity contribution is 0.488. The second-order valence-electron chi connectivity index (χ2n) is 5.27. The van der Waals surface area contributed by atoms with Crippen molar-refractivity contribution in [1.82, 2.24) is 9.73 Å². The molecule has 0 spiro atoms. The third-order valence-corrected chi connectivity index (χ3v) is 4.63. The fourth-order valence-electron chi connectivity index (χ4n) is 2.32. The molecule has 1 aliphatic heterocycles. The summed E-state index contributed by atoms with van der Waals surface area (Å²) in [7, 11) is 0. The highest BCUT2D eigenvalue weighted by Gasteiger charge is 2.24. The van der Waals surface area contributed by atoms with Gasteiger partial charge in [0, 0.05) is 17.7 Å². The summed E-state index contributed by atoms with van der Waals surface area (Å²) in [5.74, 6) is 1.09. The summed E-state index contributed by atoms with van der Waals surface area (Å²) in [4.78, 5) is 0. The van der Waals surface area contributed by atoms with Crippen LogP contribution in [0, 0.1) is 0 Å². The van der Waals surface area contributed by atoms with Crippen molar-refractivity contribution in [2.24, 2.45) is 15.9 Å². The van der Waals surface area contributed by atoms with Gasteiger partial charge in [0.1, 0.15) is 0 Å². The van der Waals surface area contributed by atoms with Gasteiger partial charge in [0.2, 0.25) is 5.96 Å². The zero-order chi connectivity index (χ0) is 17.5. The van der Waals surface area contributed by atoms with Crippen LogP contribution in [0.3, 0.4) is 0 Å². The van der Waals surface area contributed by atoms with Crippen molar-refractivity contribution in [2.45, 2.75) is 6.42 Å². The molecule has 1 fully saturated rings. The van der Waals surface area contributed by atoms with Crippen LogP contribution >= 0.6 is 23.5 Å². The van der Waals surface area contributed by atoms with Crippen molar-refractivity contribution in [3.05, 3.63) is 65.2 Å². The SMILES string of the molecule is N/C(=N\N=C\Cc1ccccc1)N(c1cccc(Cl)c1)N1CNCS1. The summed E-state index contributed by atoms with van der Waals surface area (Å²) in [5, 5.41) is 14.0. The number of nitrogens with two attached hydrogens (primary N) is 1. The zero-order valence-corrected chi connectivity index (χ0v) is 15.1. The van der Waals surface area contributed by atoms with E-state index in [1.165, 1.54) is 5.56 Å². The van der Waals surface area contributed by atoms with Gasteiger partial charge in [-0.1, -0.05) is 48.0 Å². The molecule has 0 saturated carbocycles. The topological polar surface area (TPSA) is 69.2 Å². The molecule has 3 N–H and O–H groups in total. The maximum atomic E-state index is 6.20. The Labute approximate surface area is 156 Å². The first-order chi connectivity index (χ1) is 12.2. The van der Waals surface area contributed by atoms with Crippen LogP contribution in [0.1, 0.15) is 5.56 Å². The number of benzene rings is 2. The molecule has 0 aliphatic carbocycles. The van der Waals surface area contributed by atoms with E-state index in [2.05, 4.69) is 15.5 Å². The summed E-state index contributed by atoms with van der Waals surface area (Å²) in [5.41, 5.74) is 8.20. The monoisotopic (exact) mass is 374 g/mol. The van der Waals surface area contributed by atoms with Crippen molar-refractivity contribution in [1.29, 1.82) is 0 Å². The first kappa shape index (κ1) is 17.8. The van der Waals surface area contributed by atoms with Crippen molar-refractivity contribution in [2.75, 3.05) is 17.6 Å². The Morgan fingerprint density at radius 1 is 1.28 bits per heavy atom. The molecule has 3 rings (SSSR count). The molecule has 1 saturated heterocycles. The summed E-state index contributed by atoms with van der Waals surface area (Å²) in [6.07, 6.45) is 2.45. The average Bonchev–Trinajstić information content (AvgIpc) is 3.14. The van der Waals surface area contributed by atoms with Crippen molar-refractivity contribution in [3.63, 3.8) is 0 Å². The van der Waals surface area contributed by atoms with Crippen LogP contribution < -0.4 is 16.1 Å². The fourth-order valence-corrected chi connectivity index (χ4v) is 3.31. The Kier molecular flexibility index (Phi) is 6.30. The highest BCUT2D eigenvalue weighted by molar-refractivity contribution is 7.97. The third kappa shape index (κ3) is 4.96. The molecule has 2 aromatic carbocycles. The summed E-state index contributed by atoms with van der Waals surface area (Å²) in [6, 6.07) is 17.6. The Morgan fingerprint density at radius 2 is 2.12 bits per heavy atom. The predicted octanol–water partition coefficient (Wildman–Crippen LogP) is 3.07. The van der Waals surface area contributed by atoms with Crippen LogP contribution in [0.4, 0.5) is 5.69 Å². The van der Waals surface area contributed by atoms with Crippen LogP contribution in [0.2, 0.25) is 5.02 Å². The van der Waals surface area contributed by atoms with E-state index in [-0.39, 0.29) is 5.96 Å². The van der Waals surface area contributed by atoms with Crippen molar-refractivity contribution in [3.8, 4) is 0 Å². The van der Waals surface area contributed by atoms with E-state index >= 15 is 0 Å². The lowest BCUT2D eigenvalue weighted by atomic mass is 10.2. The van der Waals surface area contributed by atoms with E-state index < -0.39 is 0 Å². The summed E-state index contributed by atoms with van der Waals surface area (Å²) >= 11 is 7.72. The summed E-state index contributed by atoms with van der Waals surface area (Å²) in [6.45, 7) is 0.654. The van der Waals surface area contributed by atoms with Gasteiger partial charge in [-0.2, -0.15) is 5.10 Å². The van der Waals surface area contributed by atoms with Crippen LogP contribution in [0.15, 0.2) is 64.8 Å². The van der Waals surface area contributed by atoms with Crippen LogP contribution in [0.5, 0.6) is 0 Å². The Balaban J connectivity index is 1.75. The maximum Gasteiger partial charge on any atom is 0.236 e. The molecule has 130 valence electrons. The van der Waals surface area contributed by atoms with Crippen LogP contribution in [0.25, 0.3) is 0 Å². The minimum Gasteiger partial charge on any atom is -0.367 e. The number of nitrogens with one attached hydrogen (secondary N) is 1. The largest absolute Gasteiger partial charge is 0.367 e. The minimum atomic E-state index is 0.280. The van der Waals surface area contributed by atoms with Gasteiger partial charge in [-0.15, -0.1) is 9.52 Å². The second-order valence-corrected chi connectivity index (χ2v) is 6.68. The third-order valence-electron chi connectivity index (χ3n) is 3.47. The summed E-state index contributed by atoms with van der Waals surface area (Å²) < 4.78 is 1.98. The van der Waals surface area contributed by atoms with Gasteiger partial charge in [0.25, 0.3) is 0 Å². The molecule has 0 atom stereocenters. The standard InChI is InChI=1S/C17H19ClN6S/c18-15-7-4-8-16(11-15)24(23-12-20-13-25-23)17(19)22-21-10-9-14-5-2-1-3-6-14/h1-8,10-11,20H,9,12-13H2,(H2,19,22)/b21-10+. The zero-order valence-electron chi connectivity index (χ0n) is 13.5. The van der Waals surface area contributed by atoms with Gasteiger partial charge >= 0.3 is 0 Å². The van der Waals surface area contributed by atoms with E-state index in [0.717, 1.165) is 11.6 Å². The number of anilines is 1. The molecule has 1 aliphatic rings. The first-order valence-electron chi connectivity index (χ1n) is 7.80. The quantitative estimate of drug-likeness (QED) is 0.364. The molecular weight excluding hydrogens is 356 g/mol. The molecule has 0 radical (unpaired) electrons. The average molecular weight is 375 g/mol. The van der Waals surface area contributed by atoms with E-state index in [1.54, 1.807) is 23.2 Å². The molecule has 0 unspecified atom stereocenters. The highest BCUT2D eigenvalue weighted by Crippen LogP contribution is 2.26. The van der Waals surface area contributed by atoms with E-state index in [1.807, 2.05) is 59.0 Å². The van der Waals surface area contributed by atoms with Gasteiger partial charge in [-0.05, 0) is 35.7 Å². The molecular formula is C17H19ClN6S. The number of hydrazine groups is 1. The molecule has 1 heterocycles. The number of hydrogen-bond donors (Lipinski definition) is 2. The Hall–Kier alpha value is -2.06. The van der Waals surface area contributed by atoms with Crippen LogP contribution in [-0.2, 0) is 6.42 Å². The minimum absolute atomic E-state index is 0.280. The van der Waals surface area contributed by atoms with Gasteiger partial charge in [-0.3, -0.25) is 5.32 Å². The van der Waals surface area contributed by atoms with Gasteiger partial charge in [0.05, 0.1) is 18.2 Å². The van der Waals surface area contributed by atoms with E-state index in [0.29, 0.717) is 18.1 Å². The normalized spacial score (nSPS) is 15.8. The number of halogens is 1. The molecule has 0 aromatic heterocycles. The smallest absolute Gasteiger partial charge is 0.236 e. The molecule has 6 nitrogen and oxygen atoms in total. The lowest BCUT2D eigenvalue weighted by Crippen LogP contribution is -2.47. The van der Waals surface area contributed by atoms with Crippen molar-refractivity contribution < 1.29 is 0 Å². The number of nitrogens with zero attached hydrogens (tertiary/aromatic N) is 4. The number of rotatable bonds is 5.